The van der Waals surface area contributed by atoms with Gasteiger partial charge in [0.15, 0.2) is 5.96 Å². The Morgan fingerprint density at radius 2 is 2.31 bits per heavy atom. The second-order valence-electron chi connectivity index (χ2n) is 6.40. The van der Waals surface area contributed by atoms with Gasteiger partial charge in [-0.05, 0) is 38.3 Å². The van der Waals surface area contributed by atoms with Crippen LogP contribution in [0.4, 0.5) is 0 Å². The summed E-state index contributed by atoms with van der Waals surface area (Å²) in [5.74, 6) is 2.67. The molecule has 0 amide bonds. The largest absolute Gasteiger partial charge is 0.469 e. The van der Waals surface area contributed by atoms with Crippen LogP contribution in [-0.2, 0) is 25.9 Å². The minimum absolute atomic E-state index is 0.0205. The van der Waals surface area contributed by atoms with Crippen molar-refractivity contribution in [3.8, 4) is 0 Å². The van der Waals surface area contributed by atoms with Gasteiger partial charge in [-0.15, -0.1) is 0 Å². The van der Waals surface area contributed by atoms with Gasteiger partial charge < -0.3 is 15.1 Å². The predicted molar refractivity (Wildman–Crippen MR) is 100 cm³/mol. The molecule has 0 fully saturated rings. The molecule has 0 unspecified atom stereocenters. The smallest absolute Gasteiger partial charge is 0.345 e. The van der Waals surface area contributed by atoms with Crippen LogP contribution in [-0.4, -0.2) is 39.9 Å². The van der Waals surface area contributed by atoms with Crippen LogP contribution >= 0.6 is 0 Å². The molecule has 142 valence electrons. The van der Waals surface area contributed by atoms with Crippen molar-refractivity contribution < 1.29 is 4.42 Å². The Hall–Kier alpha value is -2.51. The molecule has 3 heterocycles. The Balaban J connectivity index is 1.46. The lowest BCUT2D eigenvalue weighted by Gasteiger charge is -2.10. The zero-order chi connectivity index (χ0) is 18.2. The van der Waals surface area contributed by atoms with Crippen molar-refractivity contribution in [2.24, 2.45) is 4.99 Å². The highest BCUT2D eigenvalue weighted by Gasteiger charge is 2.16. The zero-order valence-corrected chi connectivity index (χ0v) is 15.4. The molecule has 2 aromatic rings. The van der Waals surface area contributed by atoms with Gasteiger partial charge in [-0.2, -0.15) is 5.10 Å². The van der Waals surface area contributed by atoms with E-state index in [4.69, 9.17) is 4.42 Å². The van der Waals surface area contributed by atoms with E-state index in [9.17, 15) is 4.79 Å². The number of furan rings is 1. The first-order valence-corrected chi connectivity index (χ1v) is 9.49. The highest BCUT2D eigenvalue weighted by molar-refractivity contribution is 5.79. The summed E-state index contributed by atoms with van der Waals surface area (Å²) in [6, 6.07) is 3.86. The summed E-state index contributed by atoms with van der Waals surface area (Å²) < 4.78 is 8.73. The van der Waals surface area contributed by atoms with E-state index in [1.165, 1.54) is 0 Å². The minimum atomic E-state index is 0.0205. The number of hydrogen-bond acceptors (Lipinski definition) is 4. The van der Waals surface area contributed by atoms with E-state index in [-0.39, 0.29) is 5.69 Å². The molecule has 3 rings (SSSR count). The lowest BCUT2D eigenvalue weighted by Crippen LogP contribution is -2.38. The van der Waals surface area contributed by atoms with Gasteiger partial charge in [0.2, 0.25) is 0 Å². The summed E-state index contributed by atoms with van der Waals surface area (Å²) in [6.45, 7) is 5.65. The first-order chi connectivity index (χ1) is 12.8. The van der Waals surface area contributed by atoms with Gasteiger partial charge in [-0.1, -0.05) is 0 Å². The average Bonchev–Trinajstić information content (AvgIpc) is 3.27. The van der Waals surface area contributed by atoms with Gasteiger partial charge in [0.25, 0.3) is 0 Å². The fraction of sp³-hybridized carbons (Fsp3) is 0.611. The Bertz CT molecular complexity index is 759. The van der Waals surface area contributed by atoms with E-state index >= 15 is 0 Å². The highest BCUT2D eigenvalue weighted by atomic mass is 16.3. The van der Waals surface area contributed by atoms with Crippen LogP contribution in [0.1, 0.15) is 37.8 Å². The standard InChI is InChI=1S/C18H28N6O2/c1-2-19-17(21-11-9-15-7-5-14-26-15)20-10-6-13-24-18(25)23-12-4-3-8-16(23)22-24/h5,7,14H,2-4,6,8-13H2,1H3,(H2,19,20,21). The van der Waals surface area contributed by atoms with Crippen LogP contribution in [0.5, 0.6) is 0 Å². The van der Waals surface area contributed by atoms with Crippen LogP contribution in [0.3, 0.4) is 0 Å². The van der Waals surface area contributed by atoms with Crippen LogP contribution in [0.25, 0.3) is 0 Å². The Morgan fingerprint density at radius 3 is 3.08 bits per heavy atom. The molecule has 0 radical (unpaired) electrons. The number of nitrogens with zero attached hydrogens (tertiary/aromatic N) is 4. The summed E-state index contributed by atoms with van der Waals surface area (Å²) in [6.07, 6.45) is 6.38. The minimum Gasteiger partial charge on any atom is -0.469 e. The monoisotopic (exact) mass is 360 g/mol. The maximum atomic E-state index is 12.3. The summed E-state index contributed by atoms with van der Waals surface area (Å²) in [5, 5.41) is 11.0. The molecule has 2 N–H and O–H groups in total. The summed E-state index contributed by atoms with van der Waals surface area (Å²) in [7, 11) is 0. The molecule has 2 aromatic heterocycles. The fourth-order valence-corrected chi connectivity index (χ4v) is 3.11. The van der Waals surface area contributed by atoms with Crippen molar-refractivity contribution in [1.82, 2.24) is 25.0 Å². The summed E-state index contributed by atoms with van der Waals surface area (Å²) in [5.41, 5.74) is 0.0205. The molecule has 0 aliphatic carbocycles. The van der Waals surface area contributed by atoms with Crippen molar-refractivity contribution in [3.63, 3.8) is 0 Å². The molecule has 0 aromatic carbocycles. The molecule has 0 spiro atoms. The number of aliphatic imine (C=N–C) groups is 1. The van der Waals surface area contributed by atoms with Crippen molar-refractivity contribution in [1.29, 1.82) is 0 Å². The quantitative estimate of drug-likeness (QED) is 0.419. The third kappa shape index (κ3) is 4.77. The maximum Gasteiger partial charge on any atom is 0.345 e. The Kier molecular flexibility index (Phi) is 6.51. The van der Waals surface area contributed by atoms with Gasteiger partial charge in [0.1, 0.15) is 11.6 Å². The van der Waals surface area contributed by atoms with Crippen LogP contribution in [0.15, 0.2) is 32.6 Å². The predicted octanol–water partition coefficient (Wildman–Crippen LogP) is 1.16. The number of fused-ring (bicyclic) bond motifs is 1. The normalized spacial score (nSPS) is 14.3. The molecule has 0 bridgehead atoms. The number of hydrogen-bond donors (Lipinski definition) is 2. The molecule has 1 aliphatic rings. The number of aromatic nitrogens is 3. The van der Waals surface area contributed by atoms with Crippen molar-refractivity contribution in [2.45, 2.75) is 52.1 Å². The SMILES string of the molecule is CCNC(=NCCCn1nc2n(c1=O)CCCC2)NCCc1ccco1. The van der Waals surface area contributed by atoms with Gasteiger partial charge in [0, 0.05) is 45.6 Å². The van der Waals surface area contributed by atoms with Gasteiger partial charge in [0.05, 0.1) is 6.26 Å². The van der Waals surface area contributed by atoms with E-state index in [1.54, 1.807) is 10.9 Å². The lowest BCUT2D eigenvalue weighted by atomic mass is 10.2. The van der Waals surface area contributed by atoms with Crippen LogP contribution in [0, 0.1) is 0 Å². The van der Waals surface area contributed by atoms with E-state index in [1.807, 2.05) is 23.6 Å². The Labute approximate surface area is 153 Å². The van der Waals surface area contributed by atoms with E-state index in [0.717, 1.165) is 69.3 Å². The van der Waals surface area contributed by atoms with Crippen molar-refractivity contribution >= 4 is 5.96 Å². The average molecular weight is 360 g/mol. The first-order valence-electron chi connectivity index (χ1n) is 9.49. The Morgan fingerprint density at radius 1 is 1.38 bits per heavy atom. The van der Waals surface area contributed by atoms with Crippen molar-refractivity contribution in [2.75, 3.05) is 19.6 Å². The molecule has 0 atom stereocenters. The second-order valence-corrected chi connectivity index (χ2v) is 6.40. The first kappa shape index (κ1) is 18.3. The molecule has 1 aliphatic heterocycles. The molecule has 26 heavy (non-hydrogen) atoms. The second kappa shape index (κ2) is 9.26. The number of aryl methyl sites for hydroxylation is 2. The summed E-state index contributed by atoms with van der Waals surface area (Å²) >= 11 is 0. The van der Waals surface area contributed by atoms with Gasteiger partial charge in [-0.3, -0.25) is 9.56 Å². The maximum absolute atomic E-state index is 12.3. The number of guanidine groups is 1. The van der Waals surface area contributed by atoms with Crippen LogP contribution < -0.4 is 16.3 Å². The van der Waals surface area contributed by atoms with E-state index in [0.29, 0.717) is 13.1 Å². The summed E-state index contributed by atoms with van der Waals surface area (Å²) in [4.78, 5) is 16.9. The molecule has 8 heteroatoms. The molecule has 0 saturated carbocycles. The van der Waals surface area contributed by atoms with E-state index < -0.39 is 0 Å². The molecular weight excluding hydrogens is 332 g/mol. The third-order valence-electron chi connectivity index (χ3n) is 4.42. The van der Waals surface area contributed by atoms with Crippen LogP contribution in [0.2, 0.25) is 0 Å². The van der Waals surface area contributed by atoms with Gasteiger partial charge >= 0.3 is 5.69 Å². The van der Waals surface area contributed by atoms with Gasteiger partial charge in [-0.25, -0.2) is 9.48 Å². The molecule has 8 nitrogen and oxygen atoms in total. The zero-order valence-electron chi connectivity index (χ0n) is 15.4. The number of rotatable bonds is 8. The number of nitrogens with one attached hydrogen (secondary N) is 2. The molecular formula is C18H28N6O2. The van der Waals surface area contributed by atoms with Crippen molar-refractivity contribution in [3.05, 3.63) is 40.5 Å². The topological polar surface area (TPSA) is 89.4 Å². The third-order valence-corrected chi connectivity index (χ3v) is 4.42. The highest BCUT2D eigenvalue weighted by Crippen LogP contribution is 2.09. The fourth-order valence-electron chi connectivity index (χ4n) is 3.11. The lowest BCUT2D eigenvalue weighted by molar-refractivity contribution is 0.506. The van der Waals surface area contributed by atoms with E-state index in [2.05, 4.69) is 20.7 Å². The molecule has 0 saturated heterocycles.